The fourth-order valence-corrected chi connectivity index (χ4v) is 2.81. The number of rotatable bonds is 6. The molecule has 1 fully saturated rings. The van der Waals surface area contributed by atoms with Crippen molar-refractivity contribution in [3.05, 3.63) is 30.1 Å². The molecule has 0 unspecified atom stereocenters. The number of amides is 2. The third-order valence-corrected chi connectivity index (χ3v) is 4.23. The van der Waals surface area contributed by atoms with Crippen LogP contribution < -0.4 is 5.32 Å². The molecule has 0 aromatic carbocycles. The first-order valence-corrected chi connectivity index (χ1v) is 8.09. The summed E-state index contributed by atoms with van der Waals surface area (Å²) in [6, 6.07) is 4.03. The van der Waals surface area contributed by atoms with E-state index in [0.717, 1.165) is 38.6 Å². The highest BCUT2D eigenvalue weighted by Gasteiger charge is 2.25. The normalized spacial score (nSPS) is 15.6. The van der Waals surface area contributed by atoms with Gasteiger partial charge in [0.2, 0.25) is 11.8 Å². The van der Waals surface area contributed by atoms with Crippen molar-refractivity contribution in [3.8, 4) is 0 Å². The maximum atomic E-state index is 12.1. The summed E-state index contributed by atoms with van der Waals surface area (Å²) in [6.45, 7) is 3.72. The quantitative estimate of drug-likeness (QED) is 0.815. The number of aryl methyl sites for hydroxylation is 1. The number of nitrogens with zero attached hydrogens (tertiary/aromatic N) is 2. The van der Waals surface area contributed by atoms with Crippen LogP contribution in [0.5, 0.6) is 0 Å². The number of piperidine rings is 1. The van der Waals surface area contributed by atoms with Crippen molar-refractivity contribution in [2.24, 2.45) is 5.92 Å². The van der Waals surface area contributed by atoms with E-state index in [0.29, 0.717) is 13.1 Å². The zero-order chi connectivity index (χ0) is 15.8. The van der Waals surface area contributed by atoms with E-state index >= 15 is 0 Å². The number of carbonyl (C=O) groups excluding carboxylic acids is 2. The van der Waals surface area contributed by atoms with Crippen LogP contribution in [0, 0.1) is 5.92 Å². The molecule has 2 rings (SSSR count). The second-order valence-corrected chi connectivity index (χ2v) is 5.89. The van der Waals surface area contributed by atoms with E-state index in [1.165, 1.54) is 5.56 Å². The Kier molecular flexibility index (Phi) is 6.37. The summed E-state index contributed by atoms with van der Waals surface area (Å²) >= 11 is 0. The molecular weight excluding hydrogens is 278 g/mol. The van der Waals surface area contributed by atoms with Gasteiger partial charge in [0.25, 0.3) is 0 Å². The molecule has 1 N–H and O–H groups in total. The number of hydrogen-bond acceptors (Lipinski definition) is 3. The van der Waals surface area contributed by atoms with Gasteiger partial charge < -0.3 is 10.2 Å². The predicted molar refractivity (Wildman–Crippen MR) is 85.2 cm³/mol. The minimum Gasteiger partial charge on any atom is -0.356 e. The molecule has 1 saturated heterocycles. The Labute approximate surface area is 132 Å². The van der Waals surface area contributed by atoms with Gasteiger partial charge in [-0.2, -0.15) is 0 Å². The minimum absolute atomic E-state index is 0.0638. The lowest BCUT2D eigenvalue weighted by Crippen LogP contribution is -2.42. The Morgan fingerprint density at radius 1 is 1.32 bits per heavy atom. The van der Waals surface area contributed by atoms with Crippen molar-refractivity contribution >= 4 is 11.8 Å². The molecule has 22 heavy (non-hydrogen) atoms. The fourth-order valence-electron chi connectivity index (χ4n) is 2.81. The molecule has 0 bridgehead atoms. The average Bonchev–Trinajstić information content (AvgIpc) is 2.55. The van der Waals surface area contributed by atoms with Crippen LogP contribution in [0.25, 0.3) is 0 Å². The Balaban J connectivity index is 1.57. The first-order chi connectivity index (χ1) is 10.7. The zero-order valence-corrected chi connectivity index (χ0v) is 13.3. The molecule has 5 nitrogen and oxygen atoms in total. The van der Waals surface area contributed by atoms with Crippen molar-refractivity contribution in [1.29, 1.82) is 0 Å². The summed E-state index contributed by atoms with van der Waals surface area (Å²) < 4.78 is 0. The van der Waals surface area contributed by atoms with Crippen molar-refractivity contribution in [2.45, 2.75) is 39.0 Å². The van der Waals surface area contributed by atoms with E-state index in [2.05, 4.69) is 16.4 Å². The fraction of sp³-hybridized carbons (Fsp3) is 0.588. The van der Waals surface area contributed by atoms with Crippen molar-refractivity contribution in [1.82, 2.24) is 15.2 Å². The van der Waals surface area contributed by atoms with Gasteiger partial charge in [0.15, 0.2) is 0 Å². The number of nitrogens with one attached hydrogen (secondary N) is 1. The van der Waals surface area contributed by atoms with Gasteiger partial charge in [0, 0.05) is 44.9 Å². The molecule has 2 amide bonds. The lowest BCUT2D eigenvalue weighted by molar-refractivity contribution is -0.133. The third kappa shape index (κ3) is 5.13. The summed E-state index contributed by atoms with van der Waals surface area (Å²) in [4.78, 5) is 29.3. The largest absolute Gasteiger partial charge is 0.356 e. The Bertz CT molecular complexity index is 482. The first kappa shape index (κ1) is 16.5. The number of unbranched alkanes of at least 4 members (excludes halogenated alkanes) is 1. The van der Waals surface area contributed by atoms with Crippen molar-refractivity contribution in [3.63, 3.8) is 0 Å². The van der Waals surface area contributed by atoms with Gasteiger partial charge in [0.1, 0.15) is 0 Å². The van der Waals surface area contributed by atoms with Crippen LogP contribution in [0.2, 0.25) is 0 Å². The molecule has 0 radical (unpaired) electrons. The summed E-state index contributed by atoms with van der Waals surface area (Å²) in [5.41, 5.74) is 1.24. The Morgan fingerprint density at radius 2 is 2.09 bits per heavy atom. The molecular formula is C17H25N3O2. The highest BCUT2D eigenvalue weighted by molar-refractivity contribution is 5.79. The SMILES string of the molecule is CC(=O)N1CCC(C(=O)NCCCCc2cccnc2)CC1. The van der Waals surface area contributed by atoms with Gasteiger partial charge in [-0.1, -0.05) is 6.07 Å². The second-order valence-electron chi connectivity index (χ2n) is 5.89. The van der Waals surface area contributed by atoms with Gasteiger partial charge in [-0.05, 0) is 43.7 Å². The van der Waals surface area contributed by atoms with E-state index in [-0.39, 0.29) is 17.7 Å². The smallest absolute Gasteiger partial charge is 0.223 e. The molecule has 0 spiro atoms. The standard InChI is InChI=1S/C17H25N3O2/c1-14(21)20-11-7-16(8-12-20)17(22)19-10-3-2-5-15-6-4-9-18-13-15/h4,6,9,13,16H,2-3,5,7-8,10-12H2,1H3,(H,19,22). The Morgan fingerprint density at radius 3 is 2.73 bits per heavy atom. The van der Waals surface area contributed by atoms with Crippen LogP contribution in [0.4, 0.5) is 0 Å². The van der Waals surface area contributed by atoms with E-state index in [1.807, 2.05) is 17.2 Å². The zero-order valence-electron chi connectivity index (χ0n) is 13.3. The molecule has 0 saturated carbocycles. The van der Waals surface area contributed by atoms with Crippen LogP contribution in [0.3, 0.4) is 0 Å². The van der Waals surface area contributed by atoms with Crippen LogP contribution in [0.15, 0.2) is 24.5 Å². The topological polar surface area (TPSA) is 62.3 Å². The Hall–Kier alpha value is -1.91. The number of aromatic nitrogens is 1. The molecule has 2 heterocycles. The van der Waals surface area contributed by atoms with Crippen molar-refractivity contribution < 1.29 is 9.59 Å². The van der Waals surface area contributed by atoms with Crippen LogP contribution in [-0.2, 0) is 16.0 Å². The molecule has 1 aliphatic heterocycles. The number of pyridine rings is 1. The van der Waals surface area contributed by atoms with Gasteiger partial charge >= 0.3 is 0 Å². The summed E-state index contributed by atoms with van der Waals surface area (Å²) in [7, 11) is 0. The van der Waals surface area contributed by atoms with Gasteiger partial charge in [-0.15, -0.1) is 0 Å². The summed E-state index contributed by atoms with van der Waals surface area (Å²) in [6.07, 6.45) is 8.26. The minimum atomic E-state index is 0.0638. The second kappa shape index (κ2) is 8.51. The highest BCUT2D eigenvalue weighted by Crippen LogP contribution is 2.17. The lowest BCUT2D eigenvalue weighted by Gasteiger charge is -2.30. The molecule has 0 aliphatic carbocycles. The van der Waals surface area contributed by atoms with Crippen molar-refractivity contribution in [2.75, 3.05) is 19.6 Å². The van der Waals surface area contributed by atoms with Crippen LogP contribution >= 0.6 is 0 Å². The first-order valence-electron chi connectivity index (χ1n) is 8.09. The predicted octanol–water partition coefficient (Wildman–Crippen LogP) is 1.78. The molecule has 5 heteroatoms. The van der Waals surface area contributed by atoms with Gasteiger partial charge in [-0.25, -0.2) is 0 Å². The molecule has 120 valence electrons. The monoisotopic (exact) mass is 303 g/mol. The molecule has 0 atom stereocenters. The van der Waals surface area contributed by atoms with E-state index < -0.39 is 0 Å². The summed E-state index contributed by atoms with van der Waals surface area (Å²) in [5, 5.41) is 3.02. The number of likely N-dealkylation sites (tertiary alicyclic amines) is 1. The molecule has 1 aliphatic rings. The lowest BCUT2D eigenvalue weighted by atomic mass is 9.96. The third-order valence-electron chi connectivity index (χ3n) is 4.23. The van der Waals surface area contributed by atoms with E-state index in [9.17, 15) is 9.59 Å². The number of carbonyl (C=O) groups is 2. The average molecular weight is 303 g/mol. The van der Waals surface area contributed by atoms with E-state index in [1.54, 1.807) is 13.1 Å². The number of hydrogen-bond donors (Lipinski definition) is 1. The maximum absolute atomic E-state index is 12.1. The van der Waals surface area contributed by atoms with Crippen LogP contribution in [0.1, 0.15) is 38.2 Å². The van der Waals surface area contributed by atoms with Gasteiger partial charge in [-0.3, -0.25) is 14.6 Å². The van der Waals surface area contributed by atoms with E-state index in [4.69, 9.17) is 0 Å². The summed E-state index contributed by atoms with van der Waals surface area (Å²) in [5.74, 6) is 0.313. The molecule has 1 aromatic heterocycles. The molecule has 1 aromatic rings. The van der Waals surface area contributed by atoms with Gasteiger partial charge in [0.05, 0.1) is 0 Å². The van der Waals surface area contributed by atoms with Crippen LogP contribution in [-0.4, -0.2) is 41.3 Å². The maximum Gasteiger partial charge on any atom is 0.223 e. The highest BCUT2D eigenvalue weighted by atomic mass is 16.2.